The molecule has 0 aliphatic heterocycles. The molecule has 2 aromatic heterocycles. The number of carbonyl (C=O) groups excluding carboxylic acids is 2. The highest BCUT2D eigenvalue weighted by Crippen LogP contribution is 2.11. The maximum absolute atomic E-state index is 12.4. The average Bonchev–Trinajstić information content (AvgIpc) is 3.23. The predicted octanol–water partition coefficient (Wildman–Crippen LogP) is 2.02. The molecule has 0 aliphatic rings. The van der Waals surface area contributed by atoms with Gasteiger partial charge in [-0.1, -0.05) is 19.9 Å². The van der Waals surface area contributed by atoms with E-state index in [1.165, 1.54) is 28.1 Å². The van der Waals surface area contributed by atoms with Gasteiger partial charge in [-0.25, -0.2) is 9.78 Å². The van der Waals surface area contributed by atoms with Crippen molar-refractivity contribution >= 4 is 40.5 Å². The first-order chi connectivity index (χ1) is 11.9. The summed E-state index contributed by atoms with van der Waals surface area (Å²) < 4.78 is 0. The lowest BCUT2D eigenvalue weighted by Crippen LogP contribution is -2.49. The number of rotatable bonds is 8. The zero-order valence-corrected chi connectivity index (χ0v) is 15.4. The number of amides is 2. The topological polar surface area (TPSA) is 108 Å². The highest BCUT2D eigenvalue weighted by Gasteiger charge is 2.24. The summed E-state index contributed by atoms with van der Waals surface area (Å²) in [4.78, 5) is 39.8. The maximum Gasteiger partial charge on any atom is 0.355 e. The normalized spacial score (nSPS) is 12.0. The van der Waals surface area contributed by atoms with E-state index in [2.05, 4.69) is 15.6 Å². The van der Waals surface area contributed by atoms with E-state index in [0.29, 0.717) is 22.9 Å². The van der Waals surface area contributed by atoms with Crippen molar-refractivity contribution in [1.82, 2.24) is 15.6 Å². The van der Waals surface area contributed by atoms with E-state index in [0.717, 1.165) is 0 Å². The molecule has 0 radical (unpaired) electrons. The largest absolute Gasteiger partial charge is 0.476 e. The number of hydrogen-bond acceptors (Lipinski definition) is 6. The molecule has 2 aromatic rings. The van der Waals surface area contributed by atoms with E-state index >= 15 is 0 Å². The van der Waals surface area contributed by atoms with Gasteiger partial charge in [0.15, 0.2) is 5.69 Å². The number of carboxylic acid groups (broad SMARTS) is 1. The van der Waals surface area contributed by atoms with Crippen LogP contribution in [0.1, 0.15) is 39.0 Å². The third kappa shape index (κ3) is 5.36. The number of thiazole rings is 1. The Bertz CT molecular complexity index is 740. The number of hydrogen-bond donors (Lipinski definition) is 3. The lowest BCUT2D eigenvalue weighted by molar-refractivity contribution is -0.123. The second kappa shape index (κ2) is 8.72. The van der Waals surface area contributed by atoms with E-state index in [4.69, 9.17) is 5.11 Å². The summed E-state index contributed by atoms with van der Waals surface area (Å²) in [6.07, 6.45) is 0.438. The van der Waals surface area contributed by atoms with Crippen LogP contribution in [0.4, 0.5) is 0 Å². The van der Waals surface area contributed by atoms with Crippen LogP contribution in [-0.2, 0) is 11.2 Å². The average molecular weight is 381 g/mol. The molecule has 0 saturated heterocycles. The van der Waals surface area contributed by atoms with Crippen LogP contribution in [0.15, 0.2) is 22.9 Å². The smallest absolute Gasteiger partial charge is 0.355 e. The molecular weight excluding hydrogens is 362 g/mol. The summed E-state index contributed by atoms with van der Waals surface area (Å²) in [5, 5.41) is 18.3. The fourth-order valence-corrected chi connectivity index (χ4v) is 3.48. The van der Waals surface area contributed by atoms with Crippen molar-refractivity contribution < 1.29 is 19.5 Å². The Kier molecular flexibility index (Phi) is 6.65. The second-order valence-electron chi connectivity index (χ2n) is 5.65. The van der Waals surface area contributed by atoms with Crippen LogP contribution in [0, 0.1) is 5.92 Å². The molecule has 0 aliphatic carbocycles. The number of aromatic carboxylic acids is 1. The SMILES string of the molecule is CC(C)C(NC(=O)c1cccs1)C(=O)NCCc1nc(C(=O)O)cs1. The zero-order chi connectivity index (χ0) is 18.4. The van der Waals surface area contributed by atoms with E-state index in [-0.39, 0.29) is 23.4 Å². The highest BCUT2D eigenvalue weighted by atomic mass is 32.1. The standard InChI is InChI=1S/C16H19N3O4S2/c1-9(2)13(19-14(20)11-4-3-7-24-11)15(21)17-6-5-12-18-10(8-25-12)16(22)23/h3-4,7-9,13H,5-6H2,1-2H3,(H,17,21)(H,19,20)(H,22,23). The van der Waals surface area contributed by atoms with Gasteiger partial charge in [0.05, 0.1) is 9.88 Å². The monoisotopic (exact) mass is 381 g/mol. The second-order valence-corrected chi connectivity index (χ2v) is 7.54. The Balaban J connectivity index is 1.87. The first-order valence-corrected chi connectivity index (χ1v) is 9.44. The molecule has 0 bridgehead atoms. The minimum Gasteiger partial charge on any atom is -0.476 e. The molecular formula is C16H19N3O4S2. The molecule has 25 heavy (non-hydrogen) atoms. The number of aromatic nitrogens is 1. The summed E-state index contributed by atoms with van der Waals surface area (Å²) in [6, 6.07) is 2.85. The summed E-state index contributed by atoms with van der Waals surface area (Å²) in [5.41, 5.74) is 0.00888. The first-order valence-electron chi connectivity index (χ1n) is 7.68. The lowest BCUT2D eigenvalue weighted by atomic mass is 10.0. The molecule has 134 valence electrons. The molecule has 2 heterocycles. The van der Waals surface area contributed by atoms with Crippen molar-refractivity contribution in [2.24, 2.45) is 5.92 Å². The van der Waals surface area contributed by atoms with E-state index < -0.39 is 12.0 Å². The van der Waals surface area contributed by atoms with Gasteiger partial charge in [-0.3, -0.25) is 9.59 Å². The van der Waals surface area contributed by atoms with Crippen molar-refractivity contribution in [2.45, 2.75) is 26.3 Å². The Morgan fingerprint density at radius 1 is 1.28 bits per heavy atom. The van der Waals surface area contributed by atoms with Gasteiger partial charge >= 0.3 is 5.97 Å². The van der Waals surface area contributed by atoms with Crippen LogP contribution in [-0.4, -0.2) is 40.5 Å². The van der Waals surface area contributed by atoms with E-state index in [1.807, 2.05) is 13.8 Å². The van der Waals surface area contributed by atoms with Gasteiger partial charge in [-0.15, -0.1) is 22.7 Å². The summed E-state index contributed by atoms with van der Waals surface area (Å²) in [6.45, 7) is 4.04. The number of carbonyl (C=O) groups is 3. The van der Waals surface area contributed by atoms with Crippen LogP contribution < -0.4 is 10.6 Å². The van der Waals surface area contributed by atoms with E-state index in [1.54, 1.807) is 17.5 Å². The molecule has 2 rings (SSSR count). The Hall–Kier alpha value is -2.26. The quantitative estimate of drug-likeness (QED) is 0.648. The number of thiophene rings is 1. The minimum absolute atomic E-state index is 0.00888. The number of nitrogens with zero attached hydrogens (tertiary/aromatic N) is 1. The van der Waals surface area contributed by atoms with Gasteiger partial charge in [0, 0.05) is 18.3 Å². The summed E-state index contributed by atoms with van der Waals surface area (Å²) >= 11 is 2.56. The number of nitrogens with one attached hydrogen (secondary N) is 2. The van der Waals surface area contributed by atoms with Gasteiger partial charge in [0.2, 0.25) is 5.91 Å². The number of carboxylic acids is 1. The van der Waals surface area contributed by atoms with Gasteiger partial charge in [-0.2, -0.15) is 0 Å². The van der Waals surface area contributed by atoms with Gasteiger partial charge in [-0.05, 0) is 17.4 Å². The van der Waals surface area contributed by atoms with Crippen LogP contribution in [0.25, 0.3) is 0 Å². The Morgan fingerprint density at radius 3 is 2.60 bits per heavy atom. The van der Waals surface area contributed by atoms with E-state index in [9.17, 15) is 14.4 Å². The van der Waals surface area contributed by atoms with Crippen molar-refractivity contribution in [3.63, 3.8) is 0 Å². The molecule has 0 aromatic carbocycles. The van der Waals surface area contributed by atoms with Crippen LogP contribution >= 0.6 is 22.7 Å². The van der Waals surface area contributed by atoms with Gasteiger partial charge < -0.3 is 15.7 Å². The fourth-order valence-electron chi connectivity index (χ4n) is 2.08. The summed E-state index contributed by atoms with van der Waals surface area (Å²) in [7, 11) is 0. The highest BCUT2D eigenvalue weighted by molar-refractivity contribution is 7.12. The van der Waals surface area contributed by atoms with Crippen LogP contribution in [0.5, 0.6) is 0 Å². The molecule has 0 spiro atoms. The molecule has 0 fully saturated rings. The lowest BCUT2D eigenvalue weighted by Gasteiger charge is -2.21. The third-order valence-electron chi connectivity index (χ3n) is 3.39. The molecule has 0 saturated carbocycles. The van der Waals surface area contributed by atoms with Crippen molar-refractivity contribution in [3.8, 4) is 0 Å². The van der Waals surface area contributed by atoms with Crippen molar-refractivity contribution in [3.05, 3.63) is 38.5 Å². The zero-order valence-electron chi connectivity index (χ0n) is 13.8. The maximum atomic E-state index is 12.4. The molecule has 2 amide bonds. The fraction of sp³-hybridized carbons (Fsp3) is 0.375. The van der Waals surface area contributed by atoms with Crippen molar-refractivity contribution in [1.29, 1.82) is 0 Å². The molecule has 7 nitrogen and oxygen atoms in total. The third-order valence-corrected chi connectivity index (χ3v) is 5.17. The van der Waals surface area contributed by atoms with Crippen molar-refractivity contribution in [2.75, 3.05) is 6.54 Å². The summed E-state index contributed by atoms with van der Waals surface area (Å²) in [5.74, 6) is -1.67. The predicted molar refractivity (Wildman–Crippen MR) is 96.2 cm³/mol. The van der Waals surface area contributed by atoms with Crippen LogP contribution in [0.2, 0.25) is 0 Å². The molecule has 1 atom stereocenters. The molecule has 9 heteroatoms. The Morgan fingerprint density at radius 2 is 2.04 bits per heavy atom. The Labute approximate surface area is 153 Å². The first kappa shape index (κ1) is 19.1. The molecule has 3 N–H and O–H groups in total. The van der Waals surface area contributed by atoms with Gasteiger partial charge in [0.1, 0.15) is 6.04 Å². The molecule has 1 unspecified atom stereocenters. The minimum atomic E-state index is -1.07. The van der Waals surface area contributed by atoms with Crippen LogP contribution in [0.3, 0.4) is 0 Å². The van der Waals surface area contributed by atoms with Gasteiger partial charge in [0.25, 0.3) is 5.91 Å².